The number of hydrogen-bond acceptors (Lipinski definition) is 4. The predicted octanol–water partition coefficient (Wildman–Crippen LogP) is 3.94. The van der Waals surface area contributed by atoms with Gasteiger partial charge in [0.15, 0.2) is 0 Å². The standard InChI is InChI=1S/C15H18N2O2S/c1-2-8-16-14(13-7-9-20-11-13)10-12-5-3-4-6-15(12)17(18)19/h3-7,9,11,14,16H,2,8,10H2,1H3. The van der Waals surface area contributed by atoms with Crippen LogP contribution >= 0.6 is 11.3 Å². The first kappa shape index (κ1) is 14.7. The minimum absolute atomic E-state index is 0.127. The number of thiophene rings is 1. The first-order valence-electron chi connectivity index (χ1n) is 6.70. The highest BCUT2D eigenvalue weighted by molar-refractivity contribution is 7.07. The number of hydrogen-bond donors (Lipinski definition) is 1. The molecular formula is C15H18N2O2S. The molecule has 0 saturated carbocycles. The van der Waals surface area contributed by atoms with E-state index in [-0.39, 0.29) is 16.7 Å². The average Bonchev–Trinajstić information content (AvgIpc) is 2.97. The lowest BCUT2D eigenvalue weighted by atomic mass is 9.99. The van der Waals surface area contributed by atoms with Gasteiger partial charge in [0.2, 0.25) is 0 Å². The molecule has 5 heteroatoms. The summed E-state index contributed by atoms with van der Waals surface area (Å²) in [6.45, 7) is 3.02. The molecule has 0 aliphatic rings. The van der Waals surface area contributed by atoms with Crippen molar-refractivity contribution in [2.45, 2.75) is 25.8 Å². The third-order valence-electron chi connectivity index (χ3n) is 3.20. The van der Waals surface area contributed by atoms with Gasteiger partial charge in [-0.05, 0) is 41.8 Å². The molecule has 0 fully saturated rings. The molecule has 2 rings (SSSR count). The van der Waals surface area contributed by atoms with Crippen molar-refractivity contribution in [1.82, 2.24) is 5.32 Å². The summed E-state index contributed by atoms with van der Waals surface area (Å²) in [7, 11) is 0. The summed E-state index contributed by atoms with van der Waals surface area (Å²) < 4.78 is 0. The molecule has 1 aromatic carbocycles. The number of benzene rings is 1. The Kier molecular flexibility index (Phi) is 5.26. The molecular weight excluding hydrogens is 272 g/mol. The molecule has 0 amide bonds. The molecule has 2 aromatic rings. The van der Waals surface area contributed by atoms with Gasteiger partial charge < -0.3 is 5.32 Å². The van der Waals surface area contributed by atoms with Crippen LogP contribution in [0.4, 0.5) is 5.69 Å². The summed E-state index contributed by atoms with van der Waals surface area (Å²) in [4.78, 5) is 10.8. The Morgan fingerprint density at radius 2 is 2.15 bits per heavy atom. The van der Waals surface area contributed by atoms with E-state index in [1.165, 1.54) is 5.56 Å². The minimum Gasteiger partial charge on any atom is -0.310 e. The maximum Gasteiger partial charge on any atom is 0.272 e. The molecule has 0 bridgehead atoms. The second kappa shape index (κ2) is 7.17. The molecule has 0 saturated heterocycles. The van der Waals surface area contributed by atoms with E-state index < -0.39 is 0 Å². The van der Waals surface area contributed by atoms with Crippen LogP contribution in [0.15, 0.2) is 41.1 Å². The fourth-order valence-corrected chi connectivity index (χ4v) is 2.90. The second-order valence-electron chi connectivity index (χ2n) is 4.65. The lowest BCUT2D eigenvalue weighted by Crippen LogP contribution is -2.24. The monoisotopic (exact) mass is 290 g/mol. The summed E-state index contributed by atoms with van der Waals surface area (Å²) in [5.41, 5.74) is 2.17. The Bertz CT molecular complexity index is 555. The van der Waals surface area contributed by atoms with E-state index in [1.54, 1.807) is 23.5 Å². The summed E-state index contributed by atoms with van der Waals surface area (Å²) in [6, 6.07) is 9.17. The van der Waals surface area contributed by atoms with E-state index in [0.717, 1.165) is 18.5 Å². The molecule has 106 valence electrons. The van der Waals surface area contributed by atoms with Gasteiger partial charge in [-0.2, -0.15) is 11.3 Å². The molecule has 0 radical (unpaired) electrons. The Morgan fingerprint density at radius 1 is 1.35 bits per heavy atom. The number of nitro groups is 1. The SMILES string of the molecule is CCCNC(Cc1ccccc1[N+](=O)[O-])c1ccsc1. The lowest BCUT2D eigenvalue weighted by Gasteiger charge is -2.17. The average molecular weight is 290 g/mol. The minimum atomic E-state index is -0.306. The van der Waals surface area contributed by atoms with Gasteiger partial charge in [0.05, 0.1) is 4.92 Å². The Balaban J connectivity index is 2.21. The molecule has 0 aliphatic heterocycles. The van der Waals surface area contributed by atoms with Gasteiger partial charge in [0.1, 0.15) is 0 Å². The van der Waals surface area contributed by atoms with Gasteiger partial charge in [-0.25, -0.2) is 0 Å². The van der Waals surface area contributed by atoms with Gasteiger partial charge in [0, 0.05) is 17.7 Å². The highest BCUT2D eigenvalue weighted by atomic mass is 32.1. The quantitative estimate of drug-likeness (QED) is 0.620. The van der Waals surface area contributed by atoms with Gasteiger partial charge in [-0.1, -0.05) is 25.1 Å². The van der Waals surface area contributed by atoms with E-state index in [0.29, 0.717) is 6.42 Å². The molecule has 1 unspecified atom stereocenters. The Hall–Kier alpha value is -1.72. The number of nitrogens with zero attached hydrogens (tertiary/aromatic N) is 1. The Labute approximate surface area is 122 Å². The first-order chi connectivity index (χ1) is 9.72. The largest absolute Gasteiger partial charge is 0.310 e. The summed E-state index contributed by atoms with van der Waals surface area (Å²) in [5.74, 6) is 0. The van der Waals surface area contributed by atoms with E-state index in [9.17, 15) is 10.1 Å². The smallest absolute Gasteiger partial charge is 0.272 e. The van der Waals surface area contributed by atoms with E-state index in [4.69, 9.17) is 0 Å². The maximum absolute atomic E-state index is 11.1. The first-order valence-corrected chi connectivity index (χ1v) is 7.64. The number of nitrogens with one attached hydrogen (secondary N) is 1. The van der Waals surface area contributed by atoms with Crippen molar-refractivity contribution >= 4 is 17.0 Å². The van der Waals surface area contributed by atoms with Crippen molar-refractivity contribution in [3.63, 3.8) is 0 Å². The highest BCUT2D eigenvalue weighted by Gasteiger charge is 2.18. The summed E-state index contributed by atoms with van der Waals surface area (Å²) in [6.07, 6.45) is 1.67. The van der Waals surface area contributed by atoms with Crippen molar-refractivity contribution in [1.29, 1.82) is 0 Å². The van der Waals surface area contributed by atoms with Crippen molar-refractivity contribution in [2.24, 2.45) is 0 Å². The van der Waals surface area contributed by atoms with Crippen LogP contribution in [0.1, 0.15) is 30.5 Å². The maximum atomic E-state index is 11.1. The predicted molar refractivity (Wildman–Crippen MR) is 82.2 cm³/mol. The second-order valence-corrected chi connectivity index (χ2v) is 5.43. The zero-order chi connectivity index (χ0) is 14.4. The van der Waals surface area contributed by atoms with E-state index in [1.807, 2.05) is 17.5 Å². The van der Waals surface area contributed by atoms with Crippen LogP contribution < -0.4 is 5.32 Å². The topological polar surface area (TPSA) is 55.2 Å². The fourth-order valence-electron chi connectivity index (χ4n) is 2.18. The van der Waals surface area contributed by atoms with Crippen LogP contribution in [0, 0.1) is 10.1 Å². The van der Waals surface area contributed by atoms with Crippen LogP contribution in [0.3, 0.4) is 0 Å². The number of rotatable bonds is 7. The fraction of sp³-hybridized carbons (Fsp3) is 0.333. The van der Waals surface area contributed by atoms with E-state index >= 15 is 0 Å². The van der Waals surface area contributed by atoms with Crippen LogP contribution in [0.5, 0.6) is 0 Å². The van der Waals surface area contributed by atoms with Crippen molar-refractivity contribution in [3.05, 3.63) is 62.3 Å². The van der Waals surface area contributed by atoms with Crippen LogP contribution in [0.25, 0.3) is 0 Å². The molecule has 1 N–H and O–H groups in total. The number of nitro benzene ring substituents is 1. The number of para-hydroxylation sites is 1. The molecule has 0 spiro atoms. The van der Waals surface area contributed by atoms with Crippen LogP contribution in [-0.4, -0.2) is 11.5 Å². The van der Waals surface area contributed by atoms with Crippen LogP contribution in [0.2, 0.25) is 0 Å². The molecule has 1 aromatic heterocycles. The van der Waals surface area contributed by atoms with Crippen molar-refractivity contribution in [2.75, 3.05) is 6.54 Å². The molecule has 1 heterocycles. The molecule has 20 heavy (non-hydrogen) atoms. The summed E-state index contributed by atoms with van der Waals surface area (Å²) >= 11 is 1.65. The van der Waals surface area contributed by atoms with Crippen LogP contribution in [-0.2, 0) is 6.42 Å². The van der Waals surface area contributed by atoms with Gasteiger partial charge >= 0.3 is 0 Å². The van der Waals surface area contributed by atoms with Gasteiger partial charge in [-0.15, -0.1) is 0 Å². The van der Waals surface area contributed by atoms with Gasteiger partial charge in [0.25, 0.3) is 5.69 Å². The molecule has 1 atom stereocenters. The zero-order valence-corrected chi connectivity index (χ0v) is 12.2. The zero-order valence-electron chi connectivity index (χ0n) is 11.4. The lowest BCUT2D eigenvalue weighted by molar-refractivity contribution is -0.385. The molecule has 4 nitrogen and oxygen atoms in total. The summed E-state index contributed by atoms with van der Waals surface area (Å²) in [5, 5.41) is 18.7. The molecule has 0 aliphatic carbocycles. The van der Waals surface area contributed by atoms with E-state index in [2.05, 4.69) is 23.7 Å². The highest BCUT2D eigenvalue weighted by Crippen LogP contribution is 2.26. The van der Waals surface area contributed by atoms with Crippen molar-refractivity contribution in [3.8, 4) is 0 Å². The normalized spacial score (nSPS) is 12.2. The third kappa shape index (κ3) is 3.65. The van der Waals surface area contributed by atoms with Crippen molar-refractivity contribution < 1.29 is 4.92 Å². The Morgan fingerprint density at radius 3 is 2.80 bits per heavy atom. The third-order valence-corrected chi connectivity index (χ3v) is 3.90. The van der Waals surface area contributed by atoms with Gasteiger partial charge in [-0.3, -0.25) is 10.1 Å².